The van der Waals surface area contributed by atoms with Gasteiger partial charge in [-0.15, -0.1) is 0 Å². The van der Waals surface area contributed by atoms with E-state index in [0.29, 0.717) is 25.5 Å². The first kappa shape index (κ1) is 22.5. The van der Waals surface area contributed by atoms with Gasteiger partial charge in [-0.05, 0) is 54.5 Å². The van der Waals surface area contributed by atoms with Gasteiger partial charge in [-0.25, -0.2) is 4.79 Å². The Labute approximate surface area is 204 Å². The van der Waals surface area contributed by atoms with Crippen molar-refractivity contribution in [2.45, 2.75) is 26.8 Å². The molecule has 0 saturated carbocycles. The van der Waals surface area contributed by atoms with Crippen molar-refractivity contribution in [3.05, 3.63) is 96.1 Å². The quantitative estimate of drug-likeness (QED) is 0.199. The van der Waals surface area contributed by atoms with Crippen molar-refractivity contribution in [3.8, 4) is 22.8 Å². The number of hydrogen-bond acceptors (Lipinski definition) is 3. The van der Waals surface area contributed by atoms with E-state index in [0.717, 1.165) is 49.7 Å². The second-order valence-electron chi connectivity index (χ2n) is 8.64. The van der Waals surface area contributed by atoms with E-state index in [2.05, 4.69) is 38.1 Å². The van der Waals surface area contributed by atoms with Crippen LogP contribution in [0.4, 0.5) is 4.79 Å². The first-order valence-electron chi connectivity index (χ1n) is 11.7. The highest BCUT2D eigenvalue weighted by atomic mass is 16.7. The summed E-state index contributed by atoms with van der Waals surface area (Å²) in [5, 5.41) is 12.8. The highest BCUT2D eigenvalue weighted by Gasteiger charge is 2.23. The Balaban J connectivity index is 1.49. The Morgan fingerprint density at radius 1 is 0.857 bits per heavy atom. The fourth-order valence-corrected chi connectivity index (χ4v) is 4.70. The van der Waals surface area contributed by atoms with Crippen molar-refractivity contribution in [2.75, 3.05) is 6.61 Å². The van der Waals surface area contributed by atoms with E-state index < -0.39 is 6.16 Å². The lowest BCUT2D eigenvalue weighted by molar-refractivity contribution is 0.141. The van der Waals surface area contributed by atoms with E-state index in [1.165, 1.54) is 0 Å². The molecule has 0 aliphatic rings. The van der Waals surface area contributed by atoms with Gasteiger partial charge in [0.15, 0.2) is 0 Å². The summed E-state index contributed by atoms with van der Waals surface area (Å²) in [6.07, 6.45) is -0.642. The zero-order valence-corrected chi connectivity index (χ0v) is 19.8. The molecule has 35 heavy (non-hydrogen) atoms. The first-order chi connectivity index (χ1) is 17.0. The molecule has 0 unspecified atom stereocenters. The maximum Gasteiger partial charge on any atom is 0.512 e. The van der Waals surface area contributed by atoms with Gasteiger partial charge in [0.1, 0.15) is 5.75 Å². The minimum Gasteiger partial charge on any atom is -0.493 e. The summed E-state index contributed by atoms with van der Waals surface area (Å²) in [7, 11) is 0. The van der Waals surface area contributed by atoms with Crippen molar-refractivity contribution in [1.82, 2.24) is 4.57 Å². The largest absolute Gasteiger partial charge is 0.512 e. The molecule has 0 radical (unpaired) electrons. The third-order valence-corrected chi connectivity index (χ3v) is 6.51. The molecule has 0 amide bonds. The minimum absolute atomic E-state index is 0.345. The Morgan fingerprint density at radius 2 is 1.57 bits per heavy atom. The molecule has 4 aromatic carbocycles. The Hall–Kier alpha value is -4.25. The molecular weight excluding hydrogens is 438 g/mol. The molecule has 1 heterocycles. The van der Waals surface area contributed by atoms with Gasteiger partial charge in [0.2, 0.25) is 5.88 Å². The molecule has 5 aromatic rings. The number of nitrogens with zero attached hydrogens (tertiary/aromatic N) is 1. The summed E-state index contributed by atoms with van der Waals surface area (Å²) in [6, 6.07) is 28.2. The summed E-state index contributed by atoms with van der Waals surface area (Å²) in [4.78, 5) is 11.7. The molecular formula is C30H27NO4. The Kier molecular flexibility index (Phi) is 6.15. The Bertz CT molecular complexity index is 1530. The van der Waals surface area contributed by atoms with E-state index in [9.17, 15) is 9.90 Å². The summed E-state index contributed by atoms with van der Waals surface area (Å²) < 4.78 is 13.5. The lowest BCUT2D eigenvalue weighted by Gasteiger charge is -2.13. The molecule has 0 bridgehead atoms. The molecule has 1 N–H and O–H groups in total. The minimum atomic E-state index is -1.33. The number of para-hydroxylation sites is 1. The third-order valence-electron chi connectivity index (χ3n) is 6.51. The van der Waals surface area contributed by atoms with Gasteiger partial charge in [0, 0.05) is 17.3 Å². The smallest absolute Gasteiger partial charge is 0.493 e. The number of hydrogen-bond donors (Lipinski definition) is 1. The van der Waals surface area contributed by atoms with E-state index in [1.807, 2.05) is 65.2 Å². The standard InChI is InChI=1S/C30H27NO4/c1-20-10-7-15-23(21(20)2)28-25-14-5-6-16-26(25)31(29(28)35-30(32)33)18-9-19-34-27-17-8-12-22-11-3-4-13-24(22)27/h3-8,10-17H,9,18-19H2,1-2H3,(H,32,33). The predicted molar refractivity (Wildman–Crippen MR) is 140 cm³/mol. The zero-order valence-electron chi connectivity index (χ0n) is 19.8. The molecule has 0 saturated heterocycles. The number of fused-ring (bicyclic) bond motifs is 2. The van der Waals surface area contributed by atoms with E-state index in [1.54, 1.807) is 0 Å². The first-order valence-corrected chi connectivity index (χ1v) is 11.7. The predicted octanol–water partition coefficient (Wildman–Crippen LogP) is 7.60. The van der Waals surface area contributed by atoms with Crippen molar-refractivity contribution >= 4 is 27.8 Å². The molecule has 0 aliphatic heterocycles. The molecule has 176 valence electrons. The van der Waals surface area contributed by atoms with Crippen molar-refractivity contribution in [3.63, 3.8) is 0 Å². The molecule has 5 nitrogen and oxygen atoms in total. The molecule has 0 atom stereocenters. The van der Waals surface area contributed by atoms with Crippen LogP contribution in [0.5, 0.6) is 11.6 Å². The summed E-state index contributed by atoms with van der Waals surface area (Å²) >= 11 is 0. The number of aromatic nitrogens is 1. The van der Waals surface area contributed by atoms with Crippen LogP contribution in [0.3, 0.4) is 0 Å². The third kappa shape index (κ3) is 4.33. The van der Waals surface area contributed by atoms with Crippen LogP contribution in [0.1, 0.15) is 17.5 Å². The van der Waals surface area contributed by atoms with Gasteiger partial charge in [-0.1, -0.05) is 72.8 Å². The highest BCUT2D eigenvalue weighted by Crippen LogP contribution is 2.42. The van der Waals surface area contributed by atoms with Crippen LogP contribution in [0.2, 0.25) is 0 Å². The van der Waals surface area contributed by atoms with Crippen LogP contribution in [0.25, 0.3) is 32.8 Å². The van der Waals surface area contributed by atoms with Crippen LogP contribution in [0, 0.1) is 13.8 Å². The van der Waals surface area contributed by atoms with Crippen LogP contribution < -0.4 is 9.47 Å². The van der Waals surface area contributed by atoms with E-state index in [-0.39, 0.29) is 0 Å². The monoisotopic (exact) mass is 465 g/mol. The summed E-state index contributed by atoms with van der Waals surface area (Å²) in [5.41, 5.74) is 4.96. The Morgan fingerprint density at radius 3 is 2.40 bits per heavy atom. The van der Waals surface area contributed by atoms with Crippen molar-refractivity contribution < 1.29 is 19.4 Å². The maximum absolute atomic E-state index is 11.7. The van der Waals surface area contributed by atoms with Crippen LogP contribution in [0.15, 0.2) is 84.9 Å². The second-order valence-corrected chi connectivity index (χ2v) is 8.64. The number of rotatable bonds is 7. The normalized spacial score (nSPS) is 11.1. The molecule has 0 spiro atoms. The zero-order chi connectivity index (χ0) is 24.4. The van der Waals surface area contributed by atoms with Crippen molar-refractivity contribution in [1.29, 1.82) is 0 Å². The van der Waals surface area contributed by atoms with Crippen molar-refractivity contribution in [2.24, 2.45) is 0 Å². The van der Waals surface area contributed by atoms with Gasteiger partial charge in [0.05, 0.1) is 17.7 Å². The molecule has 5 rings (SSSR count). The summed E-state index contributed by atoms with van der Waals surface area (Å²) in [6.45, 7) is 5.16. The molecule has 5 heteroatoms. The molecule has 0 fully saturated rings. The van der Waals surface area contributed by atoms with Crippen LogP contribution >= 0.6 is 0 Å². The lowest BCUT2D eigenvalue weighted by atomic mass is 9.96. The topological polar surface area (TPSA) is 60.7 Å². The maximum atomic E-state index is 11.7. The number of carbonyl (C=O) groups is 1. The van der Waals surface area contributed by atoms with Crippen LogP contribution in [-0.2, 0) is 6.54 Å². The highest BCUT2D eigenvalue weighted by molar-refractivity contribution is 6.01. The average molecular weight is 466 g/mol. The fraction of sp³-hybridized carbons (Fsp3) is 0.167. The van der Waals surface area contributed by atoms with Gasteiger partial charge in [-0.2, -0.15) is 0 Å². The van der Waals surface area contributed by atoms with Gasteiger partial charge < -0.3 is 19.1 Å². The number of carboxylic acid groups (broad SMARTS) is 1. The van der Waals surface area contributed by atoms with Gasteiger partial charge >= 0.3 is 6.16 Å². The number of ether oxygens (including phenoxy) is 2. The fourth-order valence-electron chi connectivity index (χ4n) is 4.70. The van der Waals surface area contributed by atoms with Gasteiger partial charge in [0.25, 0.3) is 0 Å². The summed E-state index contributed by atoms with van der Waals surface area (Å²) in [5.74, 6) is 1.19. The average Bonchev–Trinajstić information content (AvgIpc) is 3.16. The van der Waals surface area contributed by atoms with Crippen LogP contribution in [-0.4, -0.2) is 22.4 Å². The molecule has 1 aromatic heterocycles. The molecule has 0 aliphatic carbocycles. The van der Waals surface area contributed by atoms with E-state index >= 15 is 0 Å². The lowest BCUT2D eigenvalue weighted by Crippen LogP contribution is -2.11. The number of aryl methyl sites for hydroxylation is 2. The van der Waals surface area contributed by atoms with Gasteiger partial charge in [-0.3, -0.25) is 0 Å². The second kappa shape index (κ2) is 9.55. The van der Waals surface area contributed by atoms with E-state index in [4.69, 9.17) is 9.47 Å². The SMILES string of the molecule is Cc1cccc(-c2c(OC(=O)O)n(CCCOc3cccc4ccccc34)c3ccccc23)c1C. The number of benzene rings is 4.